The summed E-state index contributed by atoms with van der Waals surface area (Å²) in [5.41, 5.74) is 2.42. The number of rotatable bonds is 5. The monoisotopic (exact) mass is 334 g/mol. The fraction of sp³-hybridized carbons (Fsp3) is 0.0556. The van der Waals surface area contributed by atoms with E-state index in [9.17, 15) is 0 Å². The van der Waals surface area contributed by atoms with Gasteiger partial charge in [0.1, 0.15) is 5.75 Å². The van der Waals surface area contributed by atoms with E-state index in [2.05, 4.69) is 20.5 Å². The highest BCUT2D eigenvalue weighted by atomic mass is 16.5. The summed E-state index contributed by atoms with van der Waals surface area (Å²) in [5.74, 6) is 1.73. The second-order valence-corrected chi connectivity index (χ2v) is 5.18. The number of methoxy groups -OCH3 is 1. The molecule has 0 saturated heterocycles. The molecule has 0 aliphatic carbocycles. The number of oxazole rings is 1. The molecule has 0 unspecified atom stereocenters. The van der Waals surface area contributed by atoms with Gasteiger partial charge in [-0.25, -0.2) is 4.98 Å². The molecule has 0 amide bonds. The minimum Gasteiger partial charge on any atom is -0.496 e. The third-order valence-electron chi connectivity index (χ3n) is 3.60. The Labute approximate surface area is 143 Å². The lowest BCUT2D eigenvalue weighted by molar-refractivity contribution is 0.415. The molecular weight excluding hydrogens is 320 g/mol. The molecule has 25 heavy (non-hydrogen) atoms. The predicted octanol–water partition coefficient (Wildman–Crippen LogP) is 4.14. The molecule has 0 fully saturated rings. The van der Waals surface area contributed by atoms with Crippen LogP contribution in [0.4, 0.5) is 11.7 Å². The average molecular weight is 334 g/mol. The lowest BCUT2D eigenvalue weighted by Crippen LogP contribution is -1.93. The van der Waals surface area contributed by atoms with Gasteiger partial charge in [-0.1, -0.05) is 23.3 Å². The molecule has 0 bridgehead atoms. The molecule has 0 aliphatic rings. The first-order valence-corrected chi connectivity index (χ1v) is 7.56. The first-order valence-electron chi connectivity index (χ1n) is 7.56. The van der Waals surface area contributed by atoms with Crippen LogP contribution < -0.4 is 10.1 Å². The fourth-order valence-corrected chi connectivity index (χ4v) is 2.42. The number of ether oxygens (including phenoxy) is 1. The molecule has 7 nitrogen and oxygen atoms in total. The molecule has 0 radical (unpaired) electrons. The summed E-state index contributed by atoms with van der Waals surface area (Å²) in [5, 5.41) is 11.1. The zero-order valence-electron chi connectivity index (χ0n) is 13.3. The molecule has 2 heterocycles. The number of hydrogen-bond acceptors (Lipinski definition) is 7. The van der Waals surface area contributed by atoms with Crippen LogP contribution >= 0.6 is 0 Å². The van der Waals surface area contributed by atoms with Crippen LogP contribution in [0.3, 0.4) is 0 Å². The van der Waals surface area contributed by atoms with E-state index >= 15 is 0 Å². The van der Waals surface area contributed by atoms with Gasteiger partial charge >= 0.3 is 6.01 Å². The van der Waals surface area contributed by atoms with Crippen molar-refractivity contribution in [3.63, 3.8) is 0 Å². The van der Waals surface area contributed by atoms with E-state index in [-0.39, 0.29) is 0 Å². The van der Waals surface area contributed by atoms with Crippen molar-refractivity contribution in [1.82, 2.24) is 15.2 Å². The number of aromatic nitrogens is 3. The Balaban J connectivity index is 1.58. The number of nitrogens with zero attached hydrogens (tertiary/aromatic N) is 3. The summed E-state index contributed by atoms with van der Waals surface area (Å²) in [6, 6.07) is 15.4. The number of anilines is 2. The Morgan fingerprint density at radius 3 is 2.68 bits per heavy atom. The van der Waals surface area contributed by atoms with Crippen molar-refractivity contribution in [2.24, 2.45) is 0 Å². The van der Waals surface area contributed by atoms with E-state index in [1.54, 1.807) is 13.3 Å². The minimum absolute atomic E-state index is 0.299. The summed E-state index contributed by atoms with van der Waals surface area (Å²) in [6.45, 7) is 0. The molecule has 2 aromatic heterocycles. The second kappa shape index (κ2) is 6.48. The van der Waals surface area contributed by atoms with Crippen molar-refractivity contribution in [2.45, 2.75) is 0 Å². The summed E-state index contributed by atoms with van der Waals surface area (Å²) in [7, 11) is 1.60. The van der Waals surface area contributed by atoms with Crippen LogP contribution in [0.2, 0.25) is 0 Å². The van der Waals surface area contributed by atoms with Crippen molar-refractivity contribution in [3.8, 4) is 28.5 Å². The van der Waals surface area contributed by atoms with Crippen molar-refractivity contribution >= 4 is 11.7 Å². The smallest absolute Gasteiger partial charge is 0.320 e. The summed E-state index contributed by atoms with van der Waals surface area (Å²) < 4.78 is 16.4. The van der Waals surface area contributed by atoms with Gasteiger partial charge in [-0.2, -0.15) is 0 Å². The normalized spacial score (nSPS) is 10.6. The van der Waals surface area contributed by atoms with Crippen molar-refractivity contribution in [3.05, 3.63) is 61.1 Å². The Morgan fingerprint density at radius 1 is 1.04 bits per heavy atom. The topological polar surface area (TPSA) is 86.2 Å². The van der Waals surface area contributed by atoms with Gasteiger partial charge in [0.05, 0.1) is 18.9 Å². The van der Waals surface area contributed by atoms with Gasteiger partial charge in [0.25, 0.3) is 0 Å². The molecule has 2 aromatic carbocycles. The lowest BCUT2D eigenvalue weighted by Gasteiger charge is -2.08. The maximum atomic E-state index is 5.65. The Kier molecular flexibility index (Phi) is 3.88. The molecule has 0 saturated carbocycles. The summed E-state index contributed by atoms with van der Waals surface area (Å²) in [4.78, 5) is 3.92. The van der Waals surface area contributed by atoms with E-state index in [0.29, 0.717) is 23.4 Å². The fourth-order valence-electron chi connectivity index (χ4n) is 2.42. The molecule has 124 valence electrons. The average Bonchev–Trinajstić information content (AvgIpc) is 3.34. The molecule has 4 rings (SSSR count). The Hall–Kier alpha value is -3.61. The van der Waals surface area contributed by atoms with Gasteiger partial charge in [-0.05, 0) is 24.3 Å². The van der Waals surface area contributed by atoms with E-state index < -0.39 is 0 Å². The van der Waals surface area contributed by atoms with Crippen molar-refractivity contribution in [2.75, 3.05) is 12.4 Å². The highest BCUT2D eigenvalue weighted by Gasteiger charge is 2.12. The highest BCUT2D eigenvalue weighted by Crippen LogP contribution is 2.33. The SMILES string of the molecule is COc1cc(Nc2nnc(-c3ccccc3)o2)ccc1-c1cnco1. The molecule has 0 atom stereocenters. The summed E-state index contributed by atoms with van der Waals surface area (Å²) in [6.07, 6.45) is 3.01. The van der Waals surface area contributed by atoms with E-state index in [1.807, 2.05) is 48.5 Å². The minimum atomic E-state index is 0.299. The third-order valence-corrected chi connectivity index (χ3v) is 3.60. The van der Waals surface area contributed by atoms with Gasteiger partial charge in [-0.15, -0.1) is 5.10 Å². The van der Waals surface area contributed by atoms with Crippen LogP contribution in [0.1, 0.15) is 0 Å². The highest BCUT2D eigenvalue weighted by molar-refractivity contribution is 5.70. The van der Waals surface area contributed by atoms with Gasteiger partial charge in [0.2, 0.25) is 5.89 Å². The zero-order valence-corrected chi connectivity index (χ0v) is 13.3. The van der Waals surface area contributed by atoms with Crippen LogP contribution in [0, 0.1) is 0 Å². The van der Waals surface area contributed by atoms with Gasteiger partial charge in [0, 0.05) is 17.3 Å². The first-order chi connectivity index (χ1) is 12.3. The van der Waals surface area contributed by atoms with Crippen LogP contribution in [0.15, 0.2) is 70.0 Å². The number of hydrogen-bond donors (Lipinski definition) is 1. The van der Waals surface area contributed by atoms with Crippen molar-refractivity contribution in [1.29, 1.82) is 0 Å². The van der Waals surface area contributed by atoms with Crippen LogP contribution in [-0.4, -0.2) is 22.3 Å². The van der Waals surface area contributed by atoms with Gasteiger partial charge < -0.3 is 18.9 Å². The van der Waals surface area contributed by atoms with E-state index in [4.69, 9.17) is 13.6 Å². The Bertz CT molecular complexity index is 965. The molecule has 1 N–H and O–H groups in total. The molecule has 4 aromatic rings. The van der Waals surface area contributed by atoms with Crippen molar-refractivity contribution < 1.29 is 13.6 Å². The molecule has 7 heteroatoms. The number of nitrogens with one attached hydrogen (secondary N) is 1. The van der Waals surface area contributed by atoms with E-state index in [0.717, 1.165) is 16.8 Å². The quantitative estimate of drug-likeness (QED) is 0.587. The Morgan fingerprint density at radius 2 is 1.92 bits per heavy atom. The zero-order chi connectivity index (χ0) is 17.1. The molecule has 0 spiro atoms. The van der Waals surface area contributed by atoms with E-state index in [1.165, 1.54) is 6.39 Å². The maximum absolute atomic E-state index is 5.65. The molecular formula is C18H14N4O3. The summed E-state index contributed by atoms with van der Waals surface area (Å²) >= 11 is 0. The van der Waals surface area contributed by atoms with Crippen LogP contribution in [0.5, 0.6) is 5.75 Å². The predicted molar refractivity (Wildman–Crippen MR) is 91.5 cm³/mol. The third kappa shape index (κ3) is 3.07. The standard InChI is InChI=1S/C18H14N4O3/c1-23-15-9-13(7-8-14(15)16-10-19-11-24-16)20-18-22-21-17(25-18)12-5-3-2-4-6-12/h2-11H,1H3,(H,20,22). The second-order valence-electron chi connectivity index (χ2n) is 5.18. The van der Waals surface area contributed by atoms with Gasteiger partial charge in [-0.3, -0.25) is 0 Å². The number of benzene rings is 2. The first kappa shape index (κ1) is 14.9. The van der Waals surface area contributed by atoms with Gasteiger partial charge in [0.15, 0.2) is 12.2 Å². The van der Waals surface area contributed by atoms with Crippen LogP contribution in [-0.2, 0) is 0 Å². The maximum Gasteiger partial charge on any atom is 0.320 e. The lowest BCUT2D eigenvalue weighted by atomic mass is 10.1. The van der Waals surface area contributed by atoms with Crippen LogP contribution in [0.25, 0.3) is 22.8 Å². The largest absolute Gasteiger partial charge is 0.496 e. The molecule has 0 aliphatic heterocycles.